The fourth-order valence-electron chi connectivity index (χ4n) is 0.803. The van der Waals surface area contributed by atoms with E-state index in [9.17, 15) is 0 Å². The van der Waals surface area contributed by atoms with E-state index in [1.807, 2.05) is 6.08 Å². The molecule has 52 valence electrons. The summed E-state index contributed by atoms with van der Waals surface area (Å²) in [5, 5.41) is 0. The molecule has 0 bridgehead atoms. The van der Waals surface area contributed by atoms with Crippen molar-refractivity contribution in [1.29, 1.82) is 0 Å². The Bertz CT molecular complexity index is 228. The molecule has 0 N–H and O–H groups in total. The van der Waals surface area contributed by atoms with Gasteiger partial charge in [0.05, 0.1) is 0 Å². The Morgan fingerprint density at radius 1 is 1.50 bits per heavy atom. The number of benzene rings is 1. The lowest BCUT2D eigenvalue weighted by Gasteiger charge is -1.95. The second-order valence-electron chi connectivity index (χ2n) is 2.08. The van der Waals surface area contributed by atoms with Crippen molar-refractivity contribution in [2.24, 2.45) is 0 Å². The topological polar surface area (TPSA) is 0 Å². The third-order valence-corrected chi connectivity index (χ3v) is 2.22. The SMILES string of the molecule is C=Cc1cccc(CI)c1. The quantitative estimate of drug-likeness (QED) is 0.553. The van der Waals surface area contributed by atoms with Crippen LogP contribution >= 0.6 is 22.6 Å². The van der Waals surface area contributed by atoms with E-state index in [1.54, 1.807) is 0 Å². The molecule has 0 unspecified atom stereocenters. The molecule has 1 aromatic carbocycles. The van der Waals surface area contributed by atoms with E-state index in [4.69, 9.17) is 0 Å². The van der Waals surface area contributed by atoms with Crippen LogP contribution in [0.25, 0.3) is 6.08 Å². The van der Waals surface area contributed by atoms with E-state index in [0.29, 0.717) is 0 Å². The van der Waals surface area contributed by atoms with Crippen molar-refractivity contribution in [3.63, 3.8) is 0 Å². The standard InChI is InChI=1S/C9H9I/c1-2-8-4-3-5-9(6-8)7-10/h2-6H,1,7H2. The van der Waals surface area contributed by atoms with Crippen molar-refractivity contribution in [3.8, 4) is 0 Å². The van der Waals surface area contributed by atoms with E-state index in [1.165, 1.54) is 11.1 Å². The average molecular weight is 244 g/mol. The summed E-state index contributed by atoms with van der Waals surface area (Å²) in [5.74, 6) is 0. The Balaban J connectivity index is 2.98. The molecule has 0 amide bonds. The summed E-state index contributed by atoms with van der Waals surface area (Å²) in [6.07, 6.45) is 1.87. The first-order chi connectivity index (χ1) is 4.86. The first kappa shape index (κ1) is 7.79. The Morgan fingerprint density at radius 3 is 2.90 bits per heavy atom. The van der Waals surface area contributed by atoms with Gasteiger partial charge in [-0.05, 0) is 11.1 Å². The number of halogens is 1. The van der Waals surface area contributed by atoms with Crippen LogP contribution in [0, 0.1) is 0 Å². The minimum absolute atomic E-state index is 1.07. The molecule has 0 atom stereocenters. The molecule has 0 aliphatic carbocycles. The van der Waals surface area contributed by atoms with Crippen LogP contribution in [-0.4, -0.2) is 0 Å². The molecule has 10 heavy (non-hydrogen) atoms. The Hall–Kier alpha value is -0.310. The number of rotatable bonds is 2. The lowest BCUT2D eigenvalue weighted by Crippen LogP contribution is -1.76. The fourth-order valence-corrected chi connectivity index (χ4v) is 1.28. The summed E-state index contributed by atoms with van der Waals surface area (Å²) in [5.41, 5.74) is 2.56. The predicted molar refractivity (Wildman–Crippen MR) is 54.3 cm³/mol. The van der Waals surface area contributed by atoms with Gasteiger partial charge in [-0.15, -0.1) is 0 Å². The maximum atomic E-state index is 3.70. The summed E-state index contributed by atoms with van der Waals surface area (Å²) in [7, 11) is 0. The maximum absolute atomic E-state index is 3.70. The summed E-state index contributed by atoms with van der Waals surface area (Å²) in [6, 6.07) is 8.40. The molecular weight excluding hydrogens is 235 g/mol. The lowest BCUT2D eigenvalue weighted by atomic mass is 10.1. The van der Waals surface area contributed by atoms with E-state index >= 15 is 0 Å². The first-order valence-electron chi connectivity index (χ1n) is 3.14. The molecule has 0 aromatic heterocycles. The molecule has 0 saturated heterocycles. The number of hydrogen-bond donors (Lipinski definition) is 0. The predicted octanol–water partition coefficient (Wildman–Crippen LogP) is 3.26. The van der Waals surface area contributed by atoms with Gasteiger partial charge < -0.3 is 0 Å². The van der Waals surface area contributed by atoms with Crippen LogP contribution in [0.2, 0.25) is 0 Å². The largest absolute Gasteiger partial charge is 0.0985 e. The van der Waals surface area contributed by atoms with E-state index in [-0.39, 0.29) is 0 Å². The molecule has 0 heterocycles. The highest BCUT2D eigenvalue weighted by Gasteiger charge is 1.88. The van der Waals surface area contributed by atoms with Gasteiger partial charge in [0.25, 0.3) is 0 Å². The Labute approximate surface area is 75.1 Å². The highest BCUT2D eigenvalue weighted by atomic mass is 127. The van der Waals surface area contributed by atoms with Gasteiger partial charge in [-0.25, -0.2) is 0 Å². The normalized spacial score (nSPS) is 9.30. The molecule has 0 aliphatic heterocycles. The zero-order valence-corrected chi connectivity index (χ0v) is 7.84. The highest BCUT2D eigenvalue weighted by molar-refractivity contribution is 14.1. The molecule has 0 saturated carbocycles. The first-order valence-corrected chi connectivity index (χ1v) is 4.66. The molecule has 0 aliphatic rings. The van der Waals surface area contributed by atoms with Crippen LogP contribution in [-0.2, 0) is 4.43 Å². The van der Waals surface area contributed by atoms with Crippen molar-refractivity contribution in [2.45, 2.75) is 4.43 Å². The van der Waals surface area contributed by atoms with Gasteiger partial charge in [0.1, 0.15) is 0 Å². The summed E-state index contributed by atoms with van der Waals surface area (Å²) in [4.78, 5) is 0. The van der Waals surface area contributed by atoms with Crippen LogP contribution in [0.15, 0.2) is 30.8 Å². The van der Waals surface area contributed by atoms with Crippen molar-refractivity contribution in [3.05, 3.63) is 42.0 Å². The zero-order chi connectivity index (χ0) is 7.40. The number of hydrogen-bond acceptors (Lipinski definition) is 0. The Morgan fingerprint density at radius 2 is 2.30 bits per heavy atom. The van der Waals surface area contributed by atoms with Gasteiger partial charge in [-0.1, -0.05) is 59.5 Å². The van der Waals surface area contributed by atoms with Crippen LogP contribution in [0.1, 0.15) is 11.1 Å². The van der Waals surface area contributed by atoms with Crippen molar-refractivity contribution < 1.29 is 0 Å². The van der Waals surface area contributed by atoms with Gasteiger partial charge in [0.15, 0.2) is 0 Å². The third-order valence-electron chi connectivity index (χ3n) is 1.34. The minimum Gasteiger partial charge on any atom is -0.0985 e. The van der Waals surface area contributed by atoms with Gasteiger partial charge >= 0.3 is 0 Å². The molecule has 1 heteroatoms. The zero-order valence-electron chi connectivity index (χ0n) is 5.68. The fraction of sp³-hybridized carbons (Fsp3) is 0.111. The van der Waals surface area contributed by atoms with Crippen molar-refractivity contribution in [2.75, 3.05) is 0 Å². The lowest BCUT2D eigenvalue weighted by molar-refractivity contribution is 1.44. The van der Waals surface area contributed by atoms with Crippen LogP contribution < -0.4 is 0 Å². The van der Waals surface area contributed by atoms with Crippen molar-refractivity contribution in [1.82, 2.24) is 0 Å². The molecular formula is C9H9I. The Kier molecular flexibility index (Phi) is 2.93. The van der Waals surface area contributed by atoms with Gasteiger partial charge in [0, 0.05) is 4.43 Å². The number of alkyl halides is 1. The highest BCUT2D eigenvalue weighted by Crippen LogP contribution is 2.09. The van der Waals surface area contributed by atoms with E-state index in [0.717, 1.165) is 4.43 Å². The second-order valence-corrected chi connectivity index (χ2v) is 2.85. The monoisotopic (exact) mass is 244 g/mol. The smallest absolute Gasteiger partial charge is 0.0247 e. The maximum Gasteiger partial charge on any atom is 0.0247 e. The summed E-state index contributed by atoms with van der Waals surface area (Å²) < 4.78 is 1.07. The molecule has 0 fully saturated rings. The summed E-state index contributed by atoms with van der Waals surface area (Å²) in [6.45, 7) is 3.70. The molecule has 0 radical (unpaired) electrons. The van der Waals surface area contributed by atoms with Crippen molar-refractivity contribution >= 4 is 28.7 Å². The summed E-state index contributed by atoms with van der Waals surface area (Å²) >= 11 is 2.35. The van der Waals surface area contributed by atoms with Gasteiger partial charge in [0.2, 0.25) is 0 Å². The van der Waals surface area contributed by atoms with Gasteiger partial charge in [-0.3, -0.25) is 0 Å². The molecule has 0 nitrogen and oxygen atoms in total. The van der Waals surface area contributed by atoms with E-state index < -0.39 is 0 Å². The molecule has 0 spiro atoms. The van der Waals surface area contributed by atoms with Gasteiger partial charge in [-0.2, -0.15) is 0 Å². The molecule has 1 rings (SSSR count). The van der Waals surface area contributed by atoms with Crippen LogP contribution in [0.5, 0.6) is 0 Å². The molecule has 1 aromatic rings. The van der Waals surface area contributed by atoms with Crippen LogP contribution in [0.4, 0.5) is 0 Å². The second kappa shape index (κ2) is 3.76. The van der Waals surface area contributed by atoms with E-state index in [2.05, 4.69) is 53.4 Å². The average Bonchev–Trinajstić information content (AvgIpc) is 2.05. The third kappa shape index (κ3) is 1.84. The minimum atomic E-state index is 1.07. The van der Waals surface area contributed by atoms with Crippen LogP contribution in [0.3, 0.4) is 0 Å².